The third-order valence-electron chi connectivity index (χ3n) is 4.31. The SMILES string of the molecule is Cc1ccc(S(=O)(=O)Nc2cccc(C(F)(F)F)c2)cc1NS(=O)(=O)c1cccc(F)c1. The lowest BCUT2D eigenvalue weighted by Gasteiger charge is -2.14. The first-order valence-electron chi connectivity index (χ1n) is 8.87. The van der Waals surface area contributed by atoms with Gasteiger partial charge in [0.2, 0.25) is 0 Å². The Morgan fingerprint density at radius 2 is 1.38 bits per heavy atom. The number of nitrogens with one attached hydrogen (secondary N) is 2. The minimum Gasteiger partial charge on any atom is -0.280 e. The van der Waals surface area contributed by atoms with Gasteiger partial charge in [-0.05, 0) is 61.0 Å². The minimum atomic E-state index is -4.66. The molecule has 0 radical (unpaired) electrons. The molecule has 0 saturated carbocycles. The molecule has 0 aliphatic rings. The molecule has 0 aromatic heterocycles. The number of hydrogen-bond acceptors (Lipinski definition) is 4. The molecule has 32 heavy (non-hydrogen) atoms. The van der Waals surface area contributed by atoms with E-state index in [9.17, 15) is 34.4 Å². The Kier molecular flexibility index (Phi) is 6.20. The van der Waals surface area contributed by atoms with Crippen LogP contribution in [0.15, 0.2) is 76.5 Å². The van der Waals surface area contributed by atoms with E-state index in [0.29, 0.717) is 11.6 Å². The second-order valence-corrected chi connectivity index (χ2v) is 10.1. The molecule has 0 heterocycles. The summed E-state index contributed by atoms with van der Waals surface area (Å²) in [7, 11) is -8.59. The zero-order valence-corrected chi connectivity index (χ0v) is 17.9. The minimum absolute atomic E-state index is 0.0961. The fourth-order valence-corrected chi connectivity index (χ4v) is 4.92. The van der Waals surface area contributed by atoms with Crippen molar-refractivity contribution in [2.45, 2.75) is 22.9 Å². The Labute approximate surface area is 182 Å². The van der Waals surface area contributed by atoms with Crippen LogP contribution in [0.25, 0.3) is 0 Å². The maximum Gasteiger partial charge on any atom is 0.416 e. The van der Waals surface area contributed by atoms with E-state index in [4.69, 9.17) is 0 Å². The van der Waals surface area contributed by atoms with Gasteiger partial charge in [0.05, 0.1) is 21.0 Å². The molecular weight excluding hydrogens is 472 g/mol. The lowest BCUT2D eigenvalue weighted by atomic mass is 10.2. The van der Waals surface area contributed by atoms with Crippen molar-refractivity contribution >= 4 is 31.4 Å². The first-order valence-corrected chi connectivity index (χ1v) is 11.8. The van der Waals surface area contributed by atoms with Gasteiger partial charge in [0.15, 0.2) is 0 Å². The van der Waals surface area contributed by atoms with Crippen LogP contribution in [0, 0.1) is 12.7 Å². The van der Waals surface area contributed by atoms with E-state index in [1.54, 1.807) is 0 Å². The molecule has 0 spiro atoms. The fraction of sp³-hybridized carbons (Fsp3) is 0.100. The lowest BCUT2D eigenvalue weighted by molar-refractivity contribution is -0.137. The van der Waals surface area contributed by atoms with E-state index >= 15 is 0 Å². The number of aryl methyl sites for hydroxylation is 1. The molecule has 3 rings (SSSR count). The molecule has 0 amide bonds. The summed E-state index contributed by atoms with van der Waals surface area (Å²) in [6, 6.07) is 11.4. The van der Waals surface area contributed by atoms with E-state index in [0.717, 1.165) is 42.5 Å². The molecule has 0 saturated heterocycles. The van der Waals surface area contributed by atoms with Crippen LogP contribution >= 0.6 is 0 Å². The Hall–Kier alpha value is -3.12. The third-order valence-corrected chi connectivity index (χ3v) is 7.05. The van der Waals surface area contributed by atoms with E-state index in [1.165, 1.54) is 25.1 Å². The van der Waals surface area contributed by atoms with Gasteiger partial charge in [0.1, 0.15) is 5.82 Å². The quantitative estimate of drug-likeness (QED) is 0.490. The molecule has 0 unspecified atom stereocenters. The van der Waals surface area contributed by atoms with Gasteiger partial charge >= 0.3 is 6.18 Å². The molecule has 0 fully saturated rings. The van der Waals surface area contributed by atoms with Gasteiger partial charge in [-0.3, -0.25) is 9.44 Å². The second-order valence-electron chi connectivity index (χ2n) is 6.72. The first-order chi connectivity index (χ1) is 14.8. The molecule has 12 heteroatoms. The molecule has 0 atom stereocenters. The number of anilines is 2. The van der Waals surface area contributed by atoms with Crippen molar-refractivity contribution in [1.82, 2.24) is 0 Å². The molecule has 170 valence electrons. The number of alkyl halides is 3. The fourth-order valence-electron chi connectivity index (χ4n) is 2.69. The zero-order valence-electron chi connectivity index (χ0n) is 16.3. The van der Waals surface area contributed by atoms with Crippen LogP contribution < -0.4 is 9.44 Å². The molecular formula is C20H16F4N2O4S2. The van der Waals surface area contributed by atoms with Crippen LogP contribution in [0.3, 0.4) is 0 Å². The molecule has 6 nitrogen and oxygen atoms in total. The van der Waals surface area contributed by atoms with Crippen LogP contribution in [-0.4, -0.2) is 16.8 Å². The van der Waals surface area contributed by atoms with Crippen molar-refractivity contribution in [2.75, 3.05) is 9.44 Å². The number of rotatable bonds is 6. The Morgan fingerprint density at radius 1 is 0.750 bits per heavy atom. The lowest BCUT2D eigenvalue weighted by Crippen LogP contribution is -2.17. The van der Waals surface area contributed by atoms with Crippen LogP contribution in [-0.2, 0) is 26.2 Å². The molecule has 0 bridgehead atoms. The molecule has 0 aliphatic heterocycles. The maximum absolute atomic E-state index is 13.4. The Balaban J connectivity index is 1.92. The molecule has 2 N–H and O–H groups in total. The van der Waals surface area contributed by atoms with E-state index in [2.05, 4.69) is 4.72 Å². The molecule has 0 aliphatic carbocycles. The average Bonchev–Trinajstić information content (AvgIpc) is 2.68. The summed E-state index contributed by atoms with van der Waals surface area (Å²) >= 11 is 0. The van der Waals surface area contributed by atoms with Gasteiger partial charge < -0.3 is 0 Å². The van der Waals surface area contributed by atoms with E-state index in [-0.39, 0.29) is 16.3 Å². The number of benzene rings is 3. The summed E-state index contributed by atoms with van der Waals surface area (Å²) in [6.45, 7) is 1.51. The van der Waals surface area contributed by atoms with Crippen molar-refractivity contribution in [1.29, 1.82) is 0 Å². The predicted octanol–water partition coefficient (Wildman–Crippen LogP) is 4.75. The van der Waals surface area contributed by atoms with Crippen LogP contribution in [0.2, 0.25) is 0 Å². The second kappa shape index (κ2) is 8.43. The highest BCUT2D eigenvalue weighted by molar-refractivity contribution is 7.93. The molecule has 3 aromatic carbocycles. The van der Waals surface area contributed by atoms with Crippen LogP contribution in [0.4, 0.5) is 28.9 Å². The van der Waals surface area contributed by atoms with E-state index < -0.39 is 42.5 Å². The number of sulfonamides is 2. The van der Waals surface area contributed by atoms with Crippen molar-refractivity contribution in [3.05, 3.63) is 83.7 Å². The van der Waals surface area contributed by atoms with Gasteiger partial charge in [-0.25, -0.2) is 21.2 Å². The van der Waals surface area contributed by atoms with Crippen LogP contribution in [0.1, 0.15) is 11.1 Å². The number of hydrogen-bond donors (Lipinski definition) is 2. The molecule has 3 aromatic rings. The van der Waals surface area contributed by atoms with Gasteiger partial charge in [-0.2, -0.15) is 13.2 Å². The van der Waals surface area contributed by atoms with Crippen molar-refractivity contribution < 1.29 is 34.4 Å². The number of halogens is 4. The third kappa shape index (κ3) is 5.37. The van der Waals surface area contributed by atoms with Gasteiger partial charge in [-0.15, -0.1) is 0 Å². The van der Waals surface area contributed by atoms with Crippen molar-refractivity contribution in [3.8, 4) is 0 Å². The summed E-state index contributed by atoms with van der Waals surface area (Å²) in [5, 5.41) is 0. The van der Waals surface area contributed by atoms with Gasteiger partial charge in [0, 0.05) is 5.69 Å². The smallest absolute Gasteiger partial charge is 0.280 e. The topological polar surface area (TPSA) is 92.3 Å². The van der Waals surface area contributed by atoms with Crippen molar-refractivity contribution in [2.24, 2.45) is 0 Å². The summed E-state index contributed by atoms with van der Waals surface area (Å²) in [6.07, 6.45) is -4.66. The highest BCUT2D eigenvalue weighted by atomic mass is 32.2. The van der Waals surface area contributed by atoms with Crippen LogP contribution in [0.5, 0.6) is 0 Å². The van der Waals surface area contributed by atoms with E-state index in [1.807, 2.05) is 4.72 Å². The summed E-state index contributed by atoms with van der Waals surface area (Å²) in [5.41, 5.74) is -1.09. The first kappa shape index (κ1) is 23.5. The Morgan fingerprint density at radius 3 is 2.03 bits per heavy atom. The normalized spacial score (nSPS) is 12.4. The zero-order chi connectivity index (χ0) is 23.7. The largest absolute Gasteiger partial charge is 0.416 e. The highest BCUT2D eigenvalue weighted by Crippen LogP contribution is 2.31. The standard InChI is InChI=1S/C20H16F4N2O4S2/c1-13-8-9-18(12-19(13)26-32(29,30)17-7-3-5-15(21)11-17)31(27,28)25-16-6-2-4-14(10-16)20(22,23)24/h2-12,25-26H,1H3. The average molecular weight is 488 g/mol. The highest BCUT2D eigenvalue weighted by Gasteiger charge is 2.31. The summed E-state index contributed by atoms with van der Waals surface area (Å²) < 4.78 is 107. The maximum atomic E-state index is 13.4. The monoisotopic (exact) mass is 488 g/mol. The summed E-state index contributed by atoms with van der Waals surface area (Å²) in [4.78, 5) is -0.760. The van der Waals surface area contributed by atoms with Crippen molar-refractivity contribution in [3.63, 3.8) is 0 Å². The summed E-state index contributed by atoms with van der Waals surface area (Å²) in [5.74, 6) is -0.772. The van der Waals surface area contributed by atoms with Gasteiger partial charge in [-0.1, -0.05) is 18.2 Å². The van der Waals surface area contributed by atoms with Gasteiger partial charge in [0.25, 0.3) is 20.0 Å². The predicted molar refractivity (Wildman–Crippen MR) is 111 cm³/mol. The Bertz CT molecular complexity index is 1370.